The molecule has 0 unspecified atom stereocenters. The average Bonchev–Trinajstić information content (AvgIpc) is 3.30. The summed E-state index contributed by atoms with van der Waals surface area (Å²) in [7, 11) is 3.01. The molecular weight excluding hydrogens is 582 g/mol. The van der Waals surface area contributed by atoms with Crippen molar-refractivity contribution in [2.45, 2.75) is 44.6 Å². The lowest BCUT2D eigenvalue weighted by atomic mass is 9.63. The molecule has 8 nitrogen and oxygen atoms in total. The number of para-hydroxylation sites is 1. The normalized spacial score (nSPS) is 16.4. The van der Waals surface area contributed by atoms with Gasteiger partial charge in [-0.3, -0.25) is 14.4 Å². The van der Waals surface area contributed by atoms with E-state index in [1.165, 1.54) is 14.2 Å². The lowest BCUT2D eigenvalue weighted by molar-refractivity contribution is -0.124. The number of fused-ring (bicyclic) bond motifs is 1. The summed E-state index contributed by atoms with van der Waals surface area (Å²) < 4.78 is 16.5. The van der Waals surface area contributed by atoms with Crippen LogP contribution in [0, 0.1) is 5.92 Å². The number of hydrogen-bond donors (Lipinski definition) is 0. The van der Waals surface area contributed by atoms with E-state index >= 15 is 4.79 Å². The Morgan fingerprint density at radius 1 is 0.761 bits per heavy atom. The van der Waals surface area contributed by atoms with Crippen molar-refractivity contribution in [3.8, 4) is 11.5 Å². The van der Waals surface area contributed by atoms with Gasteiger partial charge >= 0.3 is 6.09 Å². The minimum Gasteiger partial charge on any atom is -0.497 e. The van der Waals surface area contributed by atoms with Crippen molar-refractivity contribution < 1.29 is 33.4 Å². The summed E-state index contributed by atoms with van der Waals surface area (Å²) in [6, 6.07) is 29.5. The predicted molar refractivity (Wildman–Crippen MR) is 175 cm³/mol. The molecule has 236 valence electrons. The first-order valence-electron chi connectivity index (χ1n) is 15.0. The lowest BCUT2D eigenvalue weighted by Gasteiger charge is -2.36. The Bertz CT molecular complexity index is 1780. The molecule has 4 aromatic carbocycles. The second-order valence-electron chi connectivity index (χ2n) is 12.3. The van der Waals surface area contributed by atoms with Gasteiger partial charge in [-0.15, -0.1) is 0 Å². The number of carbonyl (C=O) groups is 4. The zero-order valence-electron chi connectivity index (χ0n) is 26.6. The van der Waals surface area contributed by atoms with E-state index in [1.54, 1.807) is 93.6 Å². The maximum Gasteiger partial charge on any atom is 0.421 e. The first-order valence-corrected chi connectivity index (χ1v) is 15.0. The smallest absolute Gasteiger partial charge is 0.421 e. The fourth-order valence-electron chi connectivity index (χ4n) is 6.08. The Morgan fingerprint density at radius 3 is 1.98 bits per heavy atom. The van der Waals surface area contributed by atoms with E-state index in [-0.39, 0.29) is 24.2 Å². The fourth-order valence-corrected chi connectivity index (χ4v) is 6.08. The zero-order chi connectivity index (χ0) is 33.1. The lowest BCUT2D eigenvalue weighted by Crippen LogP contribution is -2.52. The number of nitrogens with zero attached hydrogens (tertiary/aromatic N) is 1. The van der Waals surface area contributed by atoms with E-state index in [0.29, 0.717) is 28.3 Å². The van der Waals surface area contributed by atoms with Gasteiger partial charge in [0.2, 0.25) is 5.91 Å². The van der Waals surface area contributed by atoms with Crippen LogP contribution < -0.4 is 14.4 Å². The Hall–Kier alpha value is -5.24. The zero-order valence-corrected chi connectivity index (χ0v) is 26.6. The van der Waals surface area contributed by atoms with E-state index in [0.717, 1.165) is 10.5 Å². The molecule has 1 aliphatic rings. The van der Waals surface area contributed by atoms with Crippen LogP contribution in [0.15, 0.2) is 103 Å². The number of anilines is 1. The second-order valence-corrected chi connectivity index (χ2v) is 12.3. The number of carbonyl (C=O) groups excluding carboxylic acids is 4. The Balaban J connectivity index is 1.75. The summed E-state index contributed by atoms with van der Waals surface area (Å²) in [5.74, 6) is -1.70. The third-order valence-corrected chi connectivity index (χ3v) is 8.16. The van der Waals surface area contributed by atoms with Crippen LogP contribution in [0.25, 0.3) is 0 Å². The highest BCUT2D eigenvalue weighted by Crippen LogP contribution is 2.51. The molecule has 1 aliphatic heterocycles. The van der Waals surface area contributed by atoms with Gasteiger partial charge in [0.05, 0.1) is 25.3 Å². The van der Waals surface area contributed by atoms with E-state index < -0.39 is 34.7 Å². The Labute approximate surface area is 268 Å². The van der Waals surface area contributed by atoms with Crippen LogP contribution in [0.4, 0.5) is 10.5 Å². The van der Waals surface area contributed by atoms with Crippen LogP contribution in [0.2, 0.25) is 0 Å². The van der Waals surface area contributed by atoms with Crippen LogP contribution >= 0.6 is 0 Å². The van der Waals surface area contributed by atoms with Crippen LogP contribution in [-0.2, 0) is 21.4 Å². The number of ether oxygens (including phenoxy) is 3. The topological polar surface area (TPSA) is 99.2 Å². The minimum atomic E-state index is -1.65. The summed E-state index contributed by atoms with van der Waals surface area (Å²) >= 11 is 0. The van der Waals surface area contributed by atoms with Gasteiger partial charge in [0.1, 0.15) is 17.1 Å². The molecule has 0 radical (unpaired) electrons. The van der Waals surface area contributed by atoms with Crippen molar-refractivity contribution in [3.63, 3.8) is 0 Å². The Kier molecular flexibility index (Phi) is 9.10. The first-order chi connectivity index (χ1) is 22.0. The molecule has 0 aliphatic carbocycles. The number of amides is 2. The molecule has 5 rings (SSSR count). The third kappa shape index (κ3) is 6.29. The summed E-state index contributed by atoms with van der Waals surface area (Å²) in [5, 5.41) is 0. The number of methoxy groups -OCH3 is 2. The minimum absolute atomic E-state index is 0.0503. The summed E-state index contributed by atoms with van der Waals surface area (Å²) in [4.78, 5) is 58.7. The quantitative estimate of drug-likeness (QED) is 0.173. The number of ketones is 2. The number of hydrogen-bond acceptors (Lipinski definition) is 7. The van der Waals surface area contributed by atoms with Crippen LogP contribution in [-0.4, -0.2) is 43.4 Å². The van der Waals surface area contributed by atoms with Crippen molar-refractivity contribution in [1.29, 1.82) is 0 Å². The van der Waals surface area contributed by atoms with E-state index in [4.69, 9.17) is 14.2 Å². The molecule has 0 fully saturated rings. The number of imide groups is 1. The summed E-state index contributed by atoms with van der Waals surface area (Å²) in [5.41, 5.74) is -0.395. The van der Waals surface area contributed by atoms with Crippen molar-refractivity contribution in [1.82, 2.24) is 0 Å². The predicted octanol–water partition coefficient (Wildman–Crippen LogP) is 7.24. The van der Waals surface area contributed by atoms with Crippen LogP contribution in [0.1, 0.15) is 59.0 Å². The molecule has 0 spiro atoms. The molecule has 0 aromatic heterocycles. The number of benzene rings is 4. The van der Waals surface area contributed by atoms with Crippen LogP contribution in [0.3, 0.4) is 0 Å². The van der Waals surface area contributed by atoms with Crippen molar-refractivity contribution in [2.24, 2.45) is 5.92 Å². The highest BCUT2D eigenvalue weighted by atomic mass is 16.6. The molecule has 0 saturated carbocycles. The SMILES string of the molecule is COc1cccc(C(=O)C[C@H](C(=O)c2cccc(OC)c2)[C@@]2(Cc3ccccc3)C(=O)N(C(=O)OC(C)(C)C)c3ccccc32)c1. The van der Waals surface area contributed by atoms with Gasteiger partial charge in [-0.25, -0.2) is 9.69 Å². The largest absolute Gasteiger partial charge is 0.497 e. The fraction of sp³-hybridized carbons (Fsp3) is 0.263. The monoisotopic (exact) mass is 619 g/mol. The first kappa shape index (κ1) is 32.2. The van der Waals surface area contributed by atoms with Crippen LogP contribution in [0.5, 0.6) is 11.5 Å². The maximum absolute atomic E-state index is 15.1. The number of Topliss-reactive ketones (excluding diaryl/α,β-unsaturated/α-hetero) is 2. The van der Waals surface area contributed by atoms with Gasteiger partial charge in [0, 0.05) is 23.5 Å². The highest BCUT2D eigenvalue weighted by Gasteiger charge is 2.60. The van der Waals surface area contributed by atoms with E-state index in [2.05, 4.69) is 0 Å². The van der Waals surface area contributed by atoms with Gasteiger partial charge in [-0.1, -0.05) is 72.8 Å². The molecule has 2 amide bonds. The average molecular weight is 620 g/mol. The van der Waals surface area contributed by atoms with Crippen molar-refractivity contribution >= 4 is 29.3 Å². The molecule has 0 N–H and O–H groups in total. The summed E-state index contributed by atoms with van der Waals surface area (Å²) in [6.07, 6.45) is -1.13. The van der Waals surface area contributed by atoms with Gasteiger partial charge in [0.15, 0.2) is 11.6 Å². The van der Waals surface area contributed by atoms with Gasteiger partial charge < -0.3 is 14.2 Å². The standard InChI is InChI=1S/C38H37NO7/c1-37(2,3)46-36(43)39-32-20-10-9-19-30(32)38(35(39)42,24-25-13-7-6-8-14-25)31(34(41)27-16-12-18-29(22-27)45-5)23-33(40)26-15-11-17-28(21-26)44-4/h6-22,31H,23-24H2,1-5H3/t31-,38+/m1/s1. The molecule has 0 saturated heterocycles. The van der Waals surface area contributed by atoms with E-state index in [1.807, 2.05) is 30.3 Å². The molecular formula is C38H37NO7. The molecule has 2 atom stereocenters. The maximum atomic E-state index is 15.1. The molecule has 1 heterocycles. The molecule has 0 bridgehead atoms. The Morgan fingerprint density at radius 2 is 1.35 bits per heavy atom. The third-order valence-electron chi connectivity index (χ3n) is 8.16. The number of rotatable bonds is 10. The molecule has 8 heteroatoms. The van der Waals surface area contributed by atoms with E-state index in [9.17, 15) is 14.4 Å². The molecule has 46 heavy (non-hydrogen) atoms. The highest BCUT2D eigenvalue weighted by molar-refractivity contribution is 6.23. The molecule has 4 aromatic rings. The summed E-state index contributed by atoms with van der Waals surface area (Å²) in [6.45, 7) is 5.16. The van der Waals surface area contributed by atoms with Gasteiger partial charge in [0.25, 0.3) is 0 Å². The van der Waals surface area contributed by atoms with Crippen molar-refractivity contribution in [2.75, 3.05) is 19.1 Å². The van der Waals surface area contributed by atoms with Crippen molar-refractivity contribution in [3.05, 3.63) is 125 Å². The van der Waals surface area contributed by atoms with Gasteiger partial charge in [-0.05, 0) is 68.7 Å². The van der Waals surface area contributed by atoms with Gasteiger partial charge in [-0.2, -0.15) is 0 Å². The second kappa shape index (κ2) is 13.0.